The Morgan fingerprint density at radius 1 is 1.05 bits per heavy atom. The second kappa shape index (κ2) is 5.67. The van der Waals surface area contributed by atoms with Crippen molar-refractivity contribution in [2.24, 2.45) is 5.10 Å². The van der Waals surface area contributed by atoms with Gasteiger partial charge < -0.3 is 4.90 Å². The molecular formula is C16H16BrN3. The summed E-state index contributed by atoms with van der Waals surface area (Å²) in [5, 5.41) is 6.66. The summed E-state index contributed by atoms with van der Waals surface area (Å²) in [7, 11) is 0. The molecule has 0 unspecified atom stereocenters. The Bertz CT molecular complexity index is 607. The molecule has 0 radical (unpaired) electrons. The van der Waals surface area contributed by atoms with Crippen molar-refractivity contribution in [3.63, 3.8) is 0 Å². The lowest BCUT2D eigenvalue weighted by Crippen LogP contribution is -2.29. The molecule has 4 heteroatoms. The maximum absolute atomic E-state index is 4.63. The lowest BCUT2D eigenvalue weighted by molar-refractivity contribution is 0.439. The van der Waals surface area contributed by atoms with Crippen LogP contribution in [0.15, 0.2) is 64.2 Å². The van der Waals surface area contributed by atoms with Crippen molar-refractivity contribution >= 4 is 27.5 Å². The molecule has 0 aromatic heterocycles. The van der Waals surface area contributed by atoms with Crippen LogP contribution in [0.3, 0.4) is 0 Å². The Kier molecular flexibility index (Phi) is 3.74. The molecule has 0 saturated carbocycles. The maximum Gasteiger partial charge on any atom is 0.124 e. The first-order valence-electron chi connectivity index (χ1n) is 6.59. The van der Waals surface area contributed by atoms with Crippen molar-refractivity contribution in [2.75, 3.05) is 11.7 Å². The van der Waals surface area contributed by atoms with Crippen molar-refractivity contribution in [1.82, 2.24) is 4.90 Å². The molecule has 0 fully saturated rings. The zero-order valence-corrected chi connectivity index (χ0v) is 12.9. The normalized spacial score (nSPS) is 14.6. The Labute approximate surface area is 127 Å². The summed E-state index contributed by atoms with van der Waals surface area (Å²) in [6, 6.07) is 18.7. The maximum atomic E-state index is 4.63. The van der Waals surface area contributed by atoms with Crippen molar-refractivity contribution in [2.45, 2.75) is 13.5 Å². The predicted molar refractivity (Wildman–Crippen MR) is 86.6 cm³/mol. The van der Waals surface area contributed by atoms with E-state index in [-0.39, 0.29) is 0 Å². The van der Waals surface area contributed by atoms with Gasteiger partial charge in [0.2, 0.25) is 0 Å². The highest BCUT2D eigenvalue weighted by molar-refractivity contribution is 9.10. The van der Waals surface area contributed by atoms with Crippen LogP contribution in [0.4, 0.5) is 5.69 Å². The number of amidine groups is 1. The molecule has 1 aliphatic heterocycles. The van der Waals surface area contributed by atoms with E-state index in [1.54, 1.807) is 0 Å². The van der Waals surface area contributed by atoms with Crippen LogP contribution in [0.2, 0.25) is 0 Å². The van der Waals surface area contributed by atoms with Crippen molar-refractivity contribution in [3.05, 3.63) is 64.6 Å². The average molecular weight is 330 g/mol. The Morgan fingerprint density at radius 2 is 1.75 bits per heavy atom. The third kappa shape index (κ3) is 2.85. The van der Waals surface area contributed by atoms with Crippen LogP contribution in [-0.2, 0) is 6.54 Å². The zero-order chi connectivity index (χ0) is 13.9. The molecule has 1 heterocycles. The first-order chi connectivity index (χ1) is 9.72. The van der Waals surface area contributed by atoms with Crippen molar-refractivity contribution in [1.29, 1.82) is 0 Å². The fourth-order valence-electron chi connectivity index (χ4n) is 2.25. The molecule has 0 amide bonds. The molecule has 2 aromatic carbocycles. The van der Waals surface area contributed by atoms with Gasteiger partial charge in [-0.15, -0.1) is 0 Å². The summed E-state index contributed by atoms with van der Waals surface area (Å²) in [6.45, 7) is 3.74. The van der Waals surface area contributed by atoms with Gasteiger partial charge in [-0.1, -0.05) is 46.3 Å². The smallest absolute Gasteiger partial charge is 0.124 e. The molecule has 0 atom stereocenters. The Balaban J connectivity index is 1.72. The molecule has 0 bridgehead atoms. The monoisotopic (exact) mass is 329 g/mol. The Hall–Kier alpha value is -1.81. The number of hydrazone groups is 1. The van der Waals surface area contributed by atoms with E-state index < -0.39 is 0 Å². The summed E-state index contributed by atoms with van der Waals surface area (Å²) in [4.78, 5) is 2.28. The van der Waals surface area contributed by atoms with E-state index in [1.165, 1.54) is 5.56 Å². The summed E-state index contributed by atoms with van der Waals surface area (Å²) in [6.07, 6.45) is 0. The van der Waals surface area contributed by atoms with Crippen molar-refractivity contribution < 1.29 is 0 Å². The lowest BCUT2D eigenvalue weighted by atomic mass is 10.2. The van der Waals surface area contributed by atoms with Gasteiger partial charge in [0.25, 0.3) is 0 Å². The second-order valence-corrected chi connectivity index (χ2v) is 5.76. The highest BCUT2D eigenvalue weighted by Crippen LogP contribution is 2.23. The molecule has 0 aliphatic carbocycles. The summed E-state index contributed by atoms with van der Waals surface area (Å²) >= 11 is 3.46. The van der Waals surface area contributed by atoms with Gasteiger partial charge in [0.05, 0.1) is 5.69 Å². The topological polar surface area (TPSA) is 18.8 Å². The number of benzene rings is 2. The molecule has 0 N–H and O–H groups in total. The number of rotatable bonds is 3. The lowest BCUT2D eigenvalue weighted by Gasteiger charge is -2.20. The van der Waals surface area contributed by atoms with Crippen LogP contribution >= 0.6 is 15.9 Å². The van der Waals surface area contributed by atoms with Gasteiger partial charge in [0, 0.05) is 11.0 Å². The molecule has 2 aromatic rings. The van der Waals surface area contributed by atoms with Gasteiger partial charge >= 0.3 is 0 Å². The summed E-state index contributed by atoms with van der Waals surface area (Å²) in [5.74, 6) is 1.05. The molecule has 102 valence electrons. The van der Waals surface area contributed by atoms with Gasteiger partial charge in [-0.3, -0.25) is 0 Å². The van der Waals surface area contributed by atoms with E-state index in [2.05, 4.69) is 69.3 Å². The summed E-state index contributed by atoms with van der Waals surface area (Å²) < 4.78 is 1.09. The van der Waals surface area contributed by atoms with E-state index in [9.17, 15) is 0 Å². The molecule has 0 spiro atoms. The van der Waals surface area contributed by atoms with Gasteiger partial charge in [-0.05, 0) is 36.8 Å². The molecule has 3 rings (SSSR count). The average Bonchev–Trinajstić information content (AvgIpc) is 2.82. The second-order valence-electron chi connectivity index (χ2n) is 4.85. The third-order valence-corrected chi connectivity index (χ3v) is 3.90. The minimum Gasteiger partial charge on any atom is -0.335 e. The van der Waals surface area contributed by atoms with Gasteiger partial charge in [-0.25, -0.2) is 5.01 Å². The van der Waals surface area contributed by atoms with Crippen LogP contribution < -0.4 is 5.01 Å². The van der Waals surface area contributed by atoms with Crippen LogP contribution in [0.5, 0.6) is 0 Å². The first kappa shape index (κ1) is 13.2. The SMILES string of the molecule is CC1=NN(c2ccc(Br)cc2)CN1Cc1ccccc1. The minimum atomic E-state index is 0.794. The molecule has 20 heavy (non-hydrogen) atoms. The highest BCUT2D eigenvalue weighted by atomic mass is 79.9. The predicted octanol–water partition coefficient (Wildman–Crippen LogP) is 4.06. The van der Waals surface area contributed by atoms with Crippen LogP contribution in [0.25, 0.3) is 0 Å². The number of halogens is 1. The Morgan fingerprint density at radius 3 is 2.45 bits per heavy atom. The molecule has 0 saturated heterocycles. The number of anilines is 1. The molecule has 1 aliphatic rings. The highest BCUT2D eigenvalue weighted by Gasteiger charge is 2.20. The molecule has 3 nitrogen and oxygen atoms in total. The van der Waals surface area contributed by atoms with E-state index in [0.717, 1.165) is 29.2 Å². The third-order valence-electron chi connectivity index (χ3n) is 3.37. The standard InChI is InChI=1S/C16H16BrN3/c1-13-18-20(16-9-7-15(17)8-10-16)12-19(13)11-14-5-3-2-4-6-14/h2-10H,11-12H2,1H3. The van der Waals surface area contributed by atoms with Crippen LogP contribution in [0, 0.1) is 0 Å². The fraction of sp³-hybridized carbons (Fsp3) is 0.188. The fourth-order valence-corrected chi connectivity index (χ4v) is 2.52. The van der Waals surface area contributed by atoms with Crippen molar-refractivity contribution in [3.8, 4) is 0 Å². The first-order valence-corrected chi connectivity index (χ1v) is 7.39. The quantitative estimate of drug-likeness (QED) is 0.845. The number of hydrogen-bond donors (Lipinski definition) is 0. The zero-order valence-electron chi connectivity index (χ0n) is 11.3. The van der Waals surface area contributed by atoms with Gasteiger partial charge in [0.15, 0.2) is 0 Å². The number of hydrogen-bond acceptors (Lipinski definition) is 3. The van der Waals surface area contributed by atoms with Crippen LogP contribution in [-0.4, -0.2) is 17.4 Å². The van der Waals surface area contributed by atoms with Crippen LogP contribution in [0.1, 0.15) is 12.5 Å². The van der Waals surface area contributed by atoms with Gasteiger partial charge in [0.1, 0.15) is 12.5 Å². The minimum absolute atomic E-state index is 0.794. The molecular weight excluding hydrogens is 314 g/mol. The van der Waals surface area contributed by atoms with E-state index >= 15 is 0 Å². The van der Waals surface area contributed by atoms with E-state index in [4.69, 9.17) is 0 Å². The van der Waals surface area contributed by atoms with E-state index in [1.807, 2.05) is 23.2 Å². The van der Waals surface area contributed by atoms with E-state index in [0.29, 0.717) is 0 Å². The van der Waals surface area contributed by atoms with Gasteiger partial charge in [-0.2, -0.15) is 5.10 Å². The summed E-state index contributed by atoms with van der Waals surface area (Å²) in [5.41, 5.74) is 2.42. The number of nitrogens with zero attached hydrogens (tertiary/aromatic N) is 3. The largest absolute Gasteiger partial charge is 0.335 e.